The molecular weight excluding hydrogens is 366 g/mol. The van der Waals surface area contributed by atoms with Crippen molar-refractivity contribution in [3.05, 3.63) is 60.7 Å². The quantitative estimate of drug-likeness (QED) is 0.606. The molecule has 0 spiro atoms. The van der Waals surface area contributed by atoms with E-state index < -0.39 is 20.5 Å². The number of hydrogen-bond acceptors (Lipinski definition) is 4. The highest BCUT2D eigenvalue weighted by Crippen LogP contribution is 2.38. The normalized spacial score (nSPS) is 18.1. The monoisotopic (exact) mass is 393 g/mol. The highest BCUT2D eigenvalue weighted by Gasteiger charge is 2.52. The molecule has 0 radical (unpaired) electrons. The lowest BCUT2D eigenvalue weighted by atomic mass is 10.1. The summed E-state index contributed by atoms with van der Waals surface area (Å²) in [6.07, 6.45) is 5.02. The van der Waals surface area contributed by atoms with Crippen LogP contribution in [-0.2, 0) is 9.26 Å². The minimum absolute atomic E-state index is 0.164. The summed E-state index contributed by atoms with van der Waals surface area (Å²) < 4.78 is 6.92. The van der Waals surface area contributed by atoms with Crippen LogP contribution in [0.5, 0.6) is 0 Å². The van der Waals surface area contributed by atoms with Gasteiger partial charge in [0.1, 0.15) is 11.8 Å². The lowest BCUT2D eigenvalue weighted by Gasteiger charge is -2.45. The first-order valence-corrected chi connectivity index (χ1v) is 11.4. The summed E-state index contributed by atoms with van der Waals surface area (Å²) in [7, 11) is -2.78. The first-order valence-electron chi connectivity index (χ1n) is 9.51. The molecule has 0 saturated carbocycles. The van der Waals surface area contributed by atoms with Crippen LogP contribution in [0.4, 0.5) is 0 Å². The van der Waals surface area contributed by atoms with Gasteiger partial charge in [-0.05, 0) is 15.4 Å². The molecule has 0 aromatic heterocycles. The fraction of sp³-hybridized carbons (Fsp3) is 0.348. The van der Waals surface area contributed by atoms with Crippen molar-refractivity contribution in [2.24, 2.45) is 5.16 Å². The Morgan fingerprint density at radius 1 is 1.14 bits per heavy atom. The molecule has 1 aliphatic heterocycles. The third kappa shape index (κ3) is 3.77. The molecule has 5 heteroatoms. The molecule has 1 heterocycles. The fourth-order valence-electron chi connectivity index (χ4n) is 3.83. The molecule has 0 amide bonds. The van der Waals surface area contributed by atoms with Crippen molar-refractivity contribution in [1.82, 2.24) is 0 Å². The predicted octanol–water partition coefficient (Wildman–Crippen LogP) is 2.70. The number of terminal acetylenes is 1. The van der Waals surface area contributed by atoms with E-state index in [0.717, 1.165) is 10.4 Å². The average Bonchev–Trinajstić information content (AvgIpc) is 3.18. The van der Waals surface area contributed by atoms with Gasteiger partial charge in [0, 0.05) is 6.42 Å². The van der Waals surface area contributed by atoms with Gasteiger partial charge >= 0.3 is 0 Å². The van der Waals surface area contributed by atoms with Crippen LogP contribution < -0.4 is 10.4 Å². The summed E-state index contributed by atoms with van der Waals surface area (Å²) in [6.45, 7) is 6.44. The van der Waals surface area contributed by atoms with Crippen LogP contribution >= 0.6 is 0 Å². The van der Waals surface area contributed by atoms with E-state index >= 15 is 0 Å². The molecule has 1 aliphatic rings. The van der Waals surface area contributed by atoms with Gasteiger partial charge in [0.05, 0.1) is 6.61 Å². The van der Waals surface area contributed by atoms with Gasteiger partial charge in [-0.3, -0.25) is 0 Å². The summed E-state index contributed by atoms with van der Waals surface area (Å²) in [4.78, 5) is 5.52. The Kier molecular flexibility index (Phi) is 6.04. The van der Waals surface area contributed by atoms with Crippen LogP contribution in [0, 0.1) is 12.3 Å². The van der Waals surface area contributed by atoms with E-state index in [2.05, 4.69) is 56.1 Å². The molecule has 3 rings (SSSR count). The molecule has 2 aromatic carbocycles. The van der Waals surface area contributed by atoms with Crippen LogP contribution in [0.3, 0.4) is 0 Å². The fourth-order valence-corrected chi connectivity index (χ4v) is 8.53. The zero-order chi connectivity index (χ0) is 20.2. The van der Waals surface area contributed by atoms with E-state index in [9.17, 15) is 5.11 Å². The van der Waals surface area contributed by atoms with E-state index in [1.165, 1.54) is 0 Å². The number of nitrogens with zero attached hydrogens (tertiary/aromatic N) is 1. The molecule has 0 unspecified atom stereocenters. The highest BCUT2D eigenvalue weighted by atomic mass is 28.4. The minimum Gasteiger partial charge on any atom is -0.398 e. The maximum absolute atomic E-state index is 10.2. The van der Waals surface area contributed by atoms with Gasteiger partial charge in [0.2, 0.25) is 0 Å². The lowest BCUT2D eigenvalue weighted by Crippen LogP contribution is -2.68. The molecule has 4 nitrogen and oxygen atoms in total. The Balaban J connectivity index is 2.09. The van der Waals surface area contributed by atoms with Crippen molar-refractivity contribution < 1.29 is 14.4 Å². The second-order valence-electron chi connectivity index (χ2n) is 8.03. The van der Waals surface area contributed by atoms with E-state index in [-0.39, 0.29) is 11.6 Å². The third-order valence-electron chi connectivity index (χ3n) is 5.20. The molecule has 0 bridgehead atoms. The maximum Gasteiger partial charge on any atom is 0.261 e. The standard InChI is InChI=1S/C23H27NO3Si/c1-5-18-16-21(26-24-18)22(17-25)27-28(23(2,3)4,19-12-8-6-9-13-19)20-14-10-7-11-15-20/h1,6-15,21-22,25H,16-17H2,2-4H3/t21-,22-/m0/s1. The van der Waals surface area contributed by atoms with Gasteiger partial charge in [-0.1, -0.05) is 92.5 Å². The van der Waals surface area contributed by atoms with Gasteiger partial charge < -0.3 is 14.4 Å². The Morgan fingerprint density at radius 2 is 1.68 bits per heavy atom. The number of benzene rings is 2. The second kappa shape index (κ2) is 8.32. The number of aliphatic hydroxyl groups excluding tert-OH is 1. The molecule has 146 valence electrons. The molecular formula is C23H27NO3Si. The molecule has 2 atom stereocenters. The SMILES string of the molecule is C#CC1=NO[C@H]([C@H](CO)O[Si](c2ccccc2)(c2ccccc2)C(C)(C)C)C1. The zero-order valence-corrected chi connectivity index (χ0v) is 17.6. The summed E-state index contributed by atoms with van der Waals surface area (Å²) in [5.41, 5.74) is 0.550. The van der Waals surface area contributed by atoms with Crippen molar-refractivity contribution in [3.63, 3.8) is 0 Å². The first-order chi connectivity index (χ1) is 13.4. The Bertz CT molecular complexity index is 813. The summed E-state index contributed by atoms with van der Waals surface area (Å²) >= 11 is 0. The van der Waals surface area contributed by atoms with E-state index in [4.69, 9.17) is 15.7 Å². The van der Waals surface area contributed by atoms with Crippen LogP contribution in [0.25, 0.3) is 0 Å². The van der Waals surface area contributed by atoms with Crippen molar-refractivity contribution in [2.45, 2.75) is 44.4 Å². The Hall–Kier alpha value is -2.39. The average molecular weight is 394 g/mol. The molecule has 0 fully saturated rings. The summed E-state index contributed by atoms with van der Waals surface area (Å²) in [5, 5.41) is 16.3. The lowest BCUT2D eigenvalue weighted by molar-refractivity contribution is -0.0323. The number of rotatable bonds is 6. The molecule has 1 N–H and O–H groups in total. The van der Waals surface area contributed by atoms with Gasteiger partial charge in [0.15, 0.2) is 6.10 Å². The topological polar surface area (TPSA) is 51.0 Å². The number of oxime groups is 1. The van der Waals surface area contributed by atoms with Crippen LogP contribution in [0.1, 0.15) is 27.2 Å². The van der Waals surface area contributed by atoms with E-state index in [1.807, 2.05) is 36.4 Å². The van der Waals surface area contributed by atoms with Gasteiger partial charge in [0.25, 0.3) is 8.32 Å². The highest BCUT2D eigenvalue weighted by molar-refractivity contribution is 6.99. The van der Waals surface area contributed by atoms with Crippen LogP contribution in [0.2, 0.25) is 5.04 Å². The van der Waals surface area contributed by atoms with Crippen LogP contribution in [0.15, 0.2) is 65.8 Å². The molecule has 2 aromatic rings. The summed E-state index contributed by atoms with van der Waals surface area (Å²) in [6, 6.07) is 20.7. The predicted molar refractivity (Wildman–Crippen MR) is 115 cm³/mol. The maximum atomic E-state index is 10.2. The zero-order valence-electron chi connectivity index (χ0n) is 16.6. The molecule has 0 saturated heterocycles. The van der Waals surface area contributed by atoms with Gasteiger partial charge in [-0.25, -0.2) is 0 Å². The van der Waals surface area contributed by atoms with E-state index in [1.54, 1.807) is 0 Å². The minimum atomic E-state index is -2.78. The molecule has 28 heavy (non-hydrogen) atoms. The number of hydrogen-bond donors (Lipinski definition) is 1. The number of aliphatic hydroxyl groups is 1. The Morgan fingerprint density at radius 3 is 2.07 bits per heavy atom. The van der Waals surface area contributed by atoms with Crippen molar-refractivity contribution in [3.8, 4) is 12.3 Å². The van der Waals surface area contributed by atoms with Crippen molar-refractivity contribution in [2.75, 3.05) is 6.61 Å². The van der Waals surface area contributed by atoms with Crippen molar-refractivity contribution >= 4 is 24.4 Å². The van der Waals surface area contributed by atoms with E-state index in [0.29, 0.717) is 12.1 Å². The summed E-state index contributed by atoms with van der Waals surface area (Å²) in [5.74, 6) is 2.53. The van der Waals surface area contributed by atoms with Gasteiger partial charge in [-0.2, -0.15) is 0 Å². The van der Waals surface area contributed by atoms with Gasteiger partial charge in [-0.15, -0.1) is 6.42 Å². The van der Waals surface area contributed by atoms with Crippen LogP contribution in [-0.4, -0.2) is 38.0 Å². The first kappa shape index (κ1) is 20.3. The molecule has 0 aliphatic carbocycles. The largest absolute Gasteiger partial charge is 0.398 e. The third-order valence-corrected chi connectivity index (χ3v) is 10.3. The second-order valence-corrected chi connectivity index (χ2v) is 12.3. The smallest absolute Gasteiger partial charge is 0.261 e. The van der Waals surface area contributed by atoms with Crippen molar-refractivity contribution in [1.29, 1.82) is 0 Å². The Labute approximate surface area is 168 Å².